The van der Waals surface area contributed by atoms with E-state index in [9.17, 15) is 24.4 Å². The molecule has 1 heterocycles. The third kappa shape index (κ3) is 6.61. The number of hydrogen-bond acceptors (Lipinski definition) is 8. The topological polar surface area (TPSA) is 198 Å². The number of phosphoric acid groups is 1. The summed E-state index contributed by atoms with van der Waals surface area (Å²) in [5.41, 5.74) is 6.95. The van der Waals surface area contributed by atoms with E-state index in [0.29, 0.717) is 17.1 Å². The second-order valence-electron chi connectivity index (χ2n) is 8.18. The van der Waals surface area contributed by atoms with Crippen LogP contribution >= 0.6 is 7.82 Å². The first-order chi connectivity index (χ1) is 15.7. The fourth-order valence-corrected chi connectivity index (χ4v) is 3.76. The number of amides is 1. The molecule has 1 amide bonds. The molecule has 1 aliphatic rings. The number of fused-ring (bicyclic) bond motifs is 1. The summed E-state index contributed by atoms with van der Waals surface area (Å²) in [6.07, 6.45) is -0.110. The quantitative estimate of drug-likeness (QED) is 0.271. The fourth-order valence-electron chi connectivity index (χ4n) is 3.35. The van der Waals surface area contributed by atoms with Crippen molar-refractivity contribution >= 4 is 19.7 Å². The lowest BCUT2D eigenvalue weighted by molar-refractivity contribution is -0.142. The van der Waals surface area contributed by atoms with Crippen molar-refractivity contribution in [3.8, 4) is 23.0 Å². The molecule has 0 radical (unpaired) electrons. The monoisotopic (exact) mass is 496 g/mol. The summed E-state index contributed by atoms with van der Waals surface area (Å²) in [5.74, 6) is -2.82. The first kappa shape index (κ1) is 25.3. The maximum absolute atomic E-state index is 12.6. The number of carboxylic acids is 1. The smallest absolute Gasteiger partial charge is 0.504 e. The van der Waals surface area contributed by atoms with Crippen molar-refractivity contribution in [1.82, 2.24) is 5.32 Å². The van der Waals surface area contributed by atoms with Crippen LogP contribution in [0.25, 0.3) is 0 Å². The van der Waals surface area contributed by atoms with Crippen LogP contribution in [0.5, 0.6) is 23.0 Å². The summed E-state index contributed by atoms with van der Waals surface area (Å²) in [5, 5.41) is 21.8. The zero-order valence-corrected chi connectivity index (χ0v) is 19.2. The van der Waals surface area contributed by atoms with E-state index in [1.807, 2.05) is 0 Å². The predicted molar refractivity (Wildman–Crippen MR) is 118 cm³/mol. The van der Waals surface area contributed by atoms with Gasteiger partial charge in [-0.25, -0.2) is 9.36 Å². The molecular weight excluding hydrogens is 471 g/mol. The highest BCUT2D eigenvalue weighted by molar-refractivity contribution is 7.46. The second-order valence-corrected chi connectivity index (χ2v) is 9.35. The highest BCUT2D eigenvalue weighted by atomic mass is 31.2. The molecule has 184 valence electrons. The number of nitrogens with two attached hydrogens (primary N) is 1. The van der Waals surface area contributed by atoms with Gasteiger partial charge in [0, 0.05) is 20.3 Å². The molecular formula is C21H25N2O10P. The molecule has 34 heavy (non-hydrogen) atoms. The number of rotatable bonds is 9. The Hall–Kier alpha value is -3.31. The van der Waals surface area contributed by atoms with E-state index in [1.54, 1.807) is 32.0 Å². The number of phosphoric ester groups is 1. The molecule has 0 unspecified atom stereocenters. The van der Waals surface area contributed by atoms with Gasteiger partial charge in [-0.05, 0) is 41.8 Å². The van der Waals surface area contributed by atoms with Crippen LogP contribution in [-0.4, -0.2) is 49.7 Å². The Morgan fingerprint density at radius 2 is 1.71 bits per heavy atom. The van der Waals surface area contributed by atoms with Gasteiger partial charge in [0.05, 0.1) is 6.04 Å². The third-order valence-electron chi connectivity index (χ3n) is 4.81. The predicted octanol–water partition coefficient (Wildman–Crippen LogP) is 1.05. The van der Waals surface area contributed by atoms with Gasteiger partial charge in [0.25, 0.3) is 0 Å². The molecule has 7 N–H and O–H groups in total. The Morgan fingerprint density at radius 1 is 1.09 bits per heavy atom. The zero-order chi connectivity index (χ0) is 25.3. The minimum Gasteiger partial charge on any atom is -0.504 e. The van der Waals surface area contributed by atoms with E-state index in [0.717, 1.165) is 12.1 Å². The maximum Gasteiger partial charge on any atom is 0.524 e. The maximum atomic E-state index is 12.6. The Morgan fingerprint density at radius 3 is 2.32 bits per heavy atom. The molecule has 0 aliphatic carbocycles. The molecule has 2 aromatic rings. The van der Waals surface area contributed by atoms with Gasteiger partial charge < -0.3 is 35.3 Å². The van der Waals surface area contributed by atoms with Gasteiger partial charge in [-0.15, -0.1) is 0 Å². The number of phenolic OH excluding ortho intramolecular Hbond substituents is 1. The van der Waals surface area contributed by atoms with Crippen molar-refractivity contribution in [2.45, 2.75) is 44.6 Å². The molecule has 13 heteroatoms. The van der Waals surface area contributed by atoms with Gasteiger partial charge in [-0.2, -0.15) is 0 Å². The SMILES string of the molecule is CC1(C)Oc2ccc(C[C@H](N)C(=O)N[C@@H](Cc3ccc(OP(=O)(O)O)c(O)c3)C(=O)O)cc2O1. The summed E-state index contributed by atoms with van der Waals surface area (Å²) < 4.78 is 26.5. The van der Waals surface area contributed by atoms with E-state index >= 15 is 0 Å². The first-order valence-corrected chi connectivity index (χ1v) is 11.6. The van der Waals surface area contributed by atoms with Gasteiger partial charge in [-0.3, -0.25) is 14.6 Å². The van der Waals surface area contributed by atoms with Gasteiger partial charge in [0.15, 0.2) is 23.0 Å². The minimum atomic E-state index is -4.88. The minimum absolute atomic E-state index is 0.116. The van der Waals surface area contributed by atoms with Crippen molar-refractivity contribution in [3.63, 3.8) is 0 Å². The molecule has 0 saturated carbocycles. The molecule has 12 nitrogen and oxygen atoms in total. The number of carboxylic acid groups (broad SMARTS) is 1. The van der Waals surface area contributed by atoms with Crippen LogP contribution in [0.4, 0.5) is 0 Å². The summed E-state index contributed by atoms with van der Waals surface area (Å²) in [7, 11) is -4.88. The number of nitrogens with one attached hydrogen (secondary N) is 1. The van der Waals surface area contributed by atoms with Gasteiger partial charge in [0.2, 0.25) is 11.7 Å². The van der Waals surface area contributed by atoms with Crippen molar-refractivity contribution in [2.24, 2.45) is 5.73 Å². The summed E-state index contributed by atoms with van der Waals surface area (Å²) in [6, 6.07) is 6.19. The van der Waals surface area contributed by atoms with Crippen LogP contribution in [0.3, 0.4) is 0 Å². The van der Waals surface area contributed by atoms with Gasteiger partial charge in [0.1, 0.15) is 6.04 Å². The molecule has 1 aliphatic heterocycles. The van der Waals surface area contributed by atoms with E-state index in [2.05, 4.69) is 9.84 Å². The van der Waals surface area contributed by atoms with Crippen LogP contribution < -0.4 is 25.0 Å². The highest BCUT2D eigenvalue weighted by Crippen LogP contribution is 2.42. The van der Waals surface area contributed by atoms with Crippen molar-refractivity contribution in [1.29, 1.82) is 0 Å². The molecule has 0 saturated heterocycles. The Labute approximate surface area is 194 Å². The number of carbonyl (C=O) groups is 2. The average Bonchev–Trinajstić information content (AvgIpc) is 3.01. The number of phenols is 1. The van der Waals surface area contributed by atoms with E-state index in [1.165, 1.54) is 6.07 Å². The van der Waals surface area contributed by atoms with Crippen molar-refractivity contribution < 1.29 is 48.2 Å². The Kier molecular flexibility index (Phi) is 7.08. The van der Waals surface area contributed by atoms with E-state index < -0.39 is 49.1 Å². The Bertz CT molecular complexity index is 1150. The van der Waals surface area contributed by atoms with E-state index in [-0.39, 0.29) is 18.4 Å². The second kappa shape index (κ2) is 9.51. The number of benzene rings is 2. The van der Waals surface area contributed by atoms with Gasteiger partial charge >= 0.3 is 13.8 Å². The van der Waals surface area contributed by atoms with Gasteiger partial charge in [-0.1, -0.05) is 12.1 Å². The molecule has 0 aromatic heterocycles. The lowest BCUT2D eigenvalue weighted by atomic mass is 10.0. The number of aromatic hydroxyl groups is 1. The number of aliphatic carboxylic acids is 1. The molecule has 0 bridgehead atoms. The van der Waals surface area contributed by atoms with Crippen molar-refractivity contribution in [3.05, 3.63) is 47.5 Å². The first-order valence-electron chi connectivity index (χ1n) is 10.1. The third-order valence-corrected chi connectivity index (χ3v) is 5.24. The zero-order valence-electron chi connectivity index (χ0n) is 18.3. The van der Waals surface area contributed by atoms with Crippen LogP contribution in [0.2, 0.25) is 0 Å². The average molecular weight is 496 g/mol. The van der Waals surface area contributed by atoms with E-state index in [4.69, 9.17) is 25.0 Å². The largest absolute Gasteiger partial charge is 0.524 e. The van der Waals surface area contributed by atoms with Crippen LogP contribution in [-0.2, 0) is 27.0 Å². The normalized spacial score (nSPS) is 15.9. The number of ether oxygens (including phenoxy) is 2. The fraction of sp³-hybridized carbons (Fsp3) is 0.333. The molecule has 0 fully saturated rings. The molecule has 0 spiro atoms. The number of carbonyl (C=O) groups excluding carboxylic acids is 1. The standard InChI is InChI=1S/C21H25N2O10P/c1-21(2)31-17-6-4-11(10-18(17)32-21)7-13(22)19(25)23-14(20(26)27)8-12-3-5-16(15(24)9-12)33-34(28,29)30/h3-6,9-10,13-14,24H,7-8,22H2,1-2H3,(H,23,25)(H,26,27)(H2,28,29,30)/t13-,14-/m0/s1. The summed E-state index contributed by atoms with van der Waals surface area (Å²) >= 11 is 0. The Balaban J connectivity index is 1.63. The lowest BCUT2D eigenvalue weighted by Crippen LogP contribution is -2.50. The van der Waals surface area contributed by atoms with Crippen molar-refractivity contribution in [2.75, 3.05) is 0 Å². The molecule has 2 aromatic carbocycles. The van der Waals surface area contributed by atoms with Crippen LogP contribution in [0.1, 0.15) is 25.0 Å². The van der Waals surface area contributed by atoms with Crippen LogP contribution in [0, 0.1) is 0 Å². The highest BCUT2D eigenvalue weighted by Gasteiger charge is 2.32. The van der Waals surface area contributed by atoms with Crippen LogP contribution in [0.15, 0.2) is 36.4 Å². The lowest BCUT2D eigenvalue weighted by Gasteiger charge is -2.18. The molecule has 2 atom stereocenters. The number of hydrogen-bond donors (Lipinski definition) is 6. The summed E-state index contributed by atoms with van der Waals surface area (Å²) in [4.78, 5) is 41.9. The summed E-state index contributed by atoms with van der Waals surface area (Å²) in [6.45, 7) is 3.52. The molecule has 3 rings (SSSR count).